The Kier molecular flexibility index (Phi) is 7.06. The van der Waals surface area contributed by atoms with Gasteiger partial charge in [-0.1, -0.05) is 0 Å². The predicted octanol–water partition coefficient (Wildman–Crippen LogP) is 4.73. The van der Waals surface area contributed by atoms with E-state index >= 15 is 0 Å². The zero-order chi connectivity index (χ0) is 24.5. The number of hydrogen-bond acceptors (Lipinski definition) is 7. The molecule has 182 valence electrons. The molecule has 0 radical (unpaired) electrons. The molecule has 2 atom stereocenters. The monoisotopic (exact) mass is 501 g/mol. The van der Waals surface area contributed by atoms with Crippen molar-refractivity contribution >= 4 is 32.7 Å². The van der Waals surface area contributed by atoms with Gasteiger partial charge in [0.2, 0.25) is 0 Å². The molecule has 1 fully saturated rings. The number of methoxy groups -OCH3 is 2. The number of piperazine rings is 1. The fourth-order valence-electron chi connectivity index (χ4n) is 4.33. The summed E-state index contributed by atoms with van der Waals surface area (Å²) in [5, 5.41) is 5.56. The van der Waals surface area contributed by atoms with Crippen molar-refractivity contribution in [2.45, 2.75) is 37.8 Å². The van der Waals surface area contributed by atoms with Crippen molar-refractivity contribution in [1.82, 2.24) is 5.32 Å². The van der Waals surface area contributed by atoms with Crippen LogP contribution in [0.3, 0.4) is 0 Å². The SMILES string of the molecule is COc1ccc(N2C[C@@H](C)N[C@@H](C)C2)cc1NS(=O)(=O)c1cc(-c2cc(C)cs2)ccc1OC. The second kappa shape index (κ2) is 9.85. The van der Waals surface area contributed by atoms with Crippen molar-refractivity contribution in [3.05, 3.63) is 53.4 Å². The van der Waals surface area contributed by atoms with Crippen molar-refractivity contribution in [3.8, 4) is 21.9 Å². The number of ether oxygens (including phenoxy) is 2. The molecule has 0 spiro atoms. The molecule has 1 aromatic heterocycles. The predicted molar refractivity (Wildman–Crippen MR) is 139 cm³/mol. The highest BCUT2D eigenvalue weighted by molar-refractivity contribution is 7.92. The third kappa shape index (κ3) is 5.16. The zero-order valence-corrected chi connectivity index (χ0v) is 21.7. The molecule has 2 aromatic carbocycles. The van der Waals surface area contributed by atoms with E-state index in [1.54, 1.807) is 29.5 Å². The van der Waals surface area contributed by atoms with Crippen LogP contribution in [0.1, 0.15) is 19.4 Å². The number of hydrogen-bond donors (Lipinski definition) is 2. The fourth-order valence-corrected chi connectivity index (χ4v) is 6.49. The van der Waals surface area contributed by atoms with Crippen LogP contribution in [-0.2, 0) is 10.0 Å². The largest absolute Gasteiger partial charge is 0.495 e. The van der Waals surface area contributed by atoms with Crippen LogP contribution < -0.4 is 24.4 Å². The minimum absolute atomic E-state index is 0.0791. The molecular weight excluding hydrogens is 470 g/mol. The Labute approximate surface area is 205 Å². The van der Waals surface area contributed by atoms with Gasteiger partial charge in [0.15, 0.2) is 0 Å². The molecule has 7 nitrogen and oxygen atoms in total. The lowest BCUT2D eigenvalue weighted by Crippen LogP contribution is -2.54. The van der Waals surface area contributed by atoms with E-state index in [1.807, 2.05) is 36.6 Å². The summed E-state index contributed by atoms with van der Waals surface area (Å²) < 4.78 is 40.7. The molecule has 0 bridgehead atoms. The molecule has 1 saturated heterocycles. The zero-order valence-electron chi connectivity index (χ0n) is 20.1. The third-order valence-corrected chi connectivity index (χ3v) is 8.30. The average molecular weight is 502 g/mol. The van der Waals surface area contributed by atoms with Crippen LogP contribution >= 0.6 is 11.3 Å². The Morgan fingerprint density at radius 2 is 1.68 bits per heavy atom. The number of thiophene rings is 1. The molecular formula is C25H31N3O4S2. The lowest BCUT2D eigenvalue weighted by molar-refractivity contribution is 0.403. The summed E-state index contributed by atoms with van der Waals surface area (Å²) in [4.78, 5) is 3.33. The maximum atomic E-state index is 13.6. The molecule has 1 aliphatic rings. The first-order valence-electron chi connectivity index (χ1n) is 11.2. The first-order chi connectivity index (χ1) is 16.2. The maximum absolute atomic E-state index is 13.6. The summed E-state index contributed by atoms with van der Waals surface area (Å²) >= 11 is 1.58. The standard InChI is InChI=1S/C25H31N3O4S2/c1-16-10-24(33-15-16)19-6-8-23(32-5)25(11-19)34(29,30)27-21-12-20(7-9-22(21)31-4)28-13-17(2)26-18(3)14-28/h6-12,15,17-18,26-27H,13-14H2,1-5H3/t17-,18+. The van der Waals surface area contributed by atoms with Crippen LogP contribution in [-0.4, -0.2) is 47.8 Å². The first kappa shape index (κ1) is 24.4. The first-order valence-corrected chi connectivity index (χ1v) is 13.5. The molecule has 1 aliphatic heterocycles. The maximum Gasteiger partial charge on any atom is 0.265 e. The molecule has 0 amide bonds. The normalized spacial score (nSPS) is 18.6. The third-order valence-electron chi connectivity index (χ3n) is 5.82. The highest BCUT2D eigenvalue weighted by Gasteiger charge is 2.25. The highest BCUT2D eigenvalue weighted by atomic mass is 32.2. The molecule has 34 heavy (non-hydrogen) atoms. The van der Waals surface area contributed by atoms with Crippen LogP contribution in [0.4, 0.5) is 11.4 Å². The summed E-state index contributed by atoms with van der Waals surface area (Å²) in [6.07, 6.45) is 0. The van der Waals surface area contributed by atoms with Gasteiger partial charge in [-0.05, 0) is 79.7 Å². The van der Waals surface area contributed by atoms with Gasteiger partial charge in [-0.2, -0.15) is 0 Å². The van der Waals surface area contributed by atoms with Crippen LogP contribution in [0, 0.1) is 6.92 Å². The van der Waals surface area contributed by atoms with Gasteiger partial charge in [-0.3, -0.25) is 4.72 Å². The summed E-state index contributed by atoms with van der Waals surface area (Å²) in [5.41, 5.74) is 3.28. The Bertz CT molecular complexity index is 1260. The second-order valence-electron chi connectivity index (χ2n) is 8.72. The van der Waals surface area contributed by atoms with Gasteiger partial charge in [-0.25, -0.2) is 8.42 Å². The van der Waals surface area contributed by atoms with E-state index in [9.17, 15) is 8.42 Å². The Morgan fingerprint density at radius 1 is 1.00 bits per heavy atom. The van der Waals surface area contributed by atoms with E-state index in [-0.39, 0.29) is 10.6 Å². The van der Waals surface area contributed by atoms with Crippen molar-refractivity contribution in [1.29, 1.82) is 0 Å². The number of sulfonamides is 1. The van der Waals surface area contributed by atoms with E-state index in [0.29, 0.717) is 23.5 Å². The Morgan fingerprint density at radius 3 is 2.29 bits per heavy atom. The summed E-state index contributed by atoms with van der Waals surface area (Å²) in [6, 6.07) is 13.5. The molecule has 2 N–H and O–H groups in total. The van der Waals surface area contributed by atoms with E-state index in [2.05, 4.69) is 28.8 Å². The van der Waals surface area contributed by atoms with Crippen LogP contribution in [0.15, 0.2) is 52.7 Å². The molecule has 0 aliphatic carbocycles. The quantitative estimate of drug-likeness (QED) is 0.487. The van der Waals surface area contributed by atoms with E-state index < -0.39 is 10.0 Å². The van der Waals surface area contributed by atoms with Crippen molar-refractivity contribution in [2.24, 2.45) is 0 Å². The smallest absolute Gasteiger partial charge is 0.265 e. The highest BCUT2D eigenvalue weighted by Crippen LogP contribution is 2.36. The second-order valence-corrected chi connectivity index (χ2v) is 11.3. The van der Waals surface area contributed by atoms with Crippen LogP contribution in [0.25, 0.3) is 10.4 Å². The van der Waals surface area contributed by atoms with Gasteiger partial charge in [0.05, 0.1) is 19.9 Å². The molecule has 0 unspecified atom stereocenters. The minimum Gasteiger partial charge on any atom is -0.495 e. The van der Waals surface area contributed by atoms with Crippen LogP contribution in [0.5, 0.6) is 11.5 Å². The molecule has 4 rings (SSSR count). The lowest BCUT2D eigenvalue weighted by atomic mass is 10.1. The van der Waals surface area contributed by atoms with Gasteiger partial charge in [-0.15, -0.1) is 11.3 Å². The number of rotatable bonds is 7. The number of aryl methyl sites for hydroxylation is 1. The van der Waals surface area contributed by atoms with Gasteiger partial charge in [0.25, 0.3) is 10.0 Å². The topological polar surface area (TPSA) is 79.9 Å². The summed E-state index contributed by atoms with van der Waals surface area (Å²) in [5.74, 6) is 0.733. The number of anilines is 2. The van der Waals surface area contributed by atoms with Gasteiger partial charge < -0.3 is 19.7 Å². The number of benzene rings is 2. The molecule has 3 aromatic rings. The van der Waals surface area contributed by atoms with E-state index in [1.165, 1.54) is 14.2 Å². The van der Waals surface area contributed by atoms with Crippen molar-refractivity contribution in [3.63, 3.8) is 0 Å². The average Bonchev–Trinajstić information content (AvgIpc) is 3.24. The van der Waals surface area contributed by atoms with Crippen molar-refractivity contribution < 1.29 is 17.9 Å². The van der Waals surface area contributed by atoms with Gasteiger partial charge in [0, 0.05) is 35.7 Å². The molecule has 9 heteroatoms. The lowest BCUT2D eigenvalue weighted by Gasteiger charge is -2.38. The van der Waals surface area contributed by atoms with Crippen LogP contribution in [0.2, 0.25) is 0 Å². The Balaban J connectivity index is 1.70. The van der Waals surface area contributed by atoms with Crippen molar-refractivity contribution in [2.75, 3.05) is 36.9 Å². The number of nitrogens with zero attached hydrogens (tertiary/aromatic N) is 1. The van der Waals surface area contributed by atoms with Gasteiger partial charge >= 0.3 is 0 Å². The summed E-state index contributed by atoms with van der Waals surface area (Å²) in [6.45, 7) is 7.97. The molecule has 0 saturated carbocycles. The van der Waals surface area contributed by atoms with E-state index in [0.717, 1.165) is 34.8 Å². The summed E-state index contributed by atoms with van der Waals surface area (Å²) in [7, 11) is -0.963. The molecule has 2 heterocycles. The minimum atomic E-state index is -3.96. The van der Waals surface area contributed by atoms with Gasteiger partial charge in [0.1, 0.15) is 16.4 Å². The van der Waals surface area contributed by atoms with E-state index in [4.69, 9.17) is 9.47 Å². The Hall–Kier alpha value is -2.75. The number of nitrogens with one attached hydrogen (secondary N) is 2. The fraction of sp³-hybridized carbons (Fsp3) is 0.360.